The van der Waals surface area contributed by atoms with Gasteiger partial charge in [0.05, 0.1) is 5.92 Å². The van der Waals surface area contributed by atoms with Crippen molar-refractivity contribution >= 4 is 11.8 Å². The normalized spacial score (nSPS) is 17.7. The van der Waals surface area contributed by atoms with Gasteiger partial charge in [0.25, 0.3) is 0 Å². The molecular weight excluding hydrogens is 228 g/mol. The van der Waals surface area contributed by atoms with Crippen LogP contribution in [0.4, 0.5) is 0 Å². The Hall–Kier alpha value is -1.71. The smallest absolute Gasteiger partial charge is 0.234 e. The number of carbonyl (C=O) groups is 2. The molecule has 2 heterocycles. The van der Waals surface area contributed by atoms with Crippen molar-refractivity contribution < 1.29 is 11.0 Å². The average Bonchev–Trinajstić information content (AvgIpc) is 2.44. The van der Waals surface area contributed by atoms with Crippen molar-refractivity contribution in [1.29, 1.82) is 0 Å². The molecule has 1 aliphatic heterocycles. The molecule has 1 aromatic rings. The molecule has 2 rings (SSSR count). The second-order valence-corrected chi connectivity index (χ2v) is 3.29. The van der Waals surface area contributed by atoms with Gasteiger partial charge in [-0.3, -0.25) is 19.9 Å². The Bertz CT molecular complexity index is 369. The predicted molar refractivity (Wildman–Crippen MR) is 74.2 cm³/mol. The van der Waals surface area contributed by atoms with E-state index in [2.05, 4.69) is 10.3 Å². The molecule has 18 heavy (non-hydrogen) atoms. The van der Waals surface area contributed by atoms with E-state index in [9.17, 15) is 9.59 Å². The number of carbonyl (C=O) groups excluding carboxylic acids is 2. The molecule has 1 aromatic heterocycles. The van der Waals surface area contributed by atoms with E-state index in [1.165, 1.54) is 0 Å². The van der Waals surface area contributed by atoms with Crippen molar-refractivity contribution in [2.75, 3.05) is 0 Å². The minimum atomic E-state index is -0.221. The zero-order valence-corrected chi connectivity index (χ0v) is 11.6. The summed E-state index contributed by atoms with van der Waals surface area (Å²) in [6.45, 7) is 8.00. The Kier molecular flexibility index (Phi) is 8.45. The number of hydrogen-bond acceptors (Lipinski definition) is 3. The lowest BCUT2D eigenvalue weighted by Gasteiger charge is -2.20. The van der Waals surface area contributed by atoms with Gasteiger partial charge < -0.3 is 0 Å². The summed E-state index contributed by atoms with van der Waals surface area (Å²) in [5.74, 6) is -0.620. The number of nitrogens with zero attached hydrogens (tertiary/aromatic N) is 1. The van der Waals surface area contributed by atoms with Crippen LogP contribution in [-0.4, -0.2) is 16.8 Å². The van der Waals surface area contributed by atoms with Gasteiger partial charge in [-0.1, -0.05) is 33.8 Å². The maximum atomic E-state index is 11.4. The molecule has 0 radical (unpaired) electrons. The average molecular weight is 252 g/mol. The Morgan fingerprint density at radius 2 is 1.94 bits per heavy atom. The van der Waals surface area contributed by atoms with Gasteiger partial charge in [-0.05, 0) is 18.1 Å². The molecule has 0 aliphatic carbocycles. The van der Waals surface area contributed by atoms with Gasteiger partial charge in [0.1, 0.15) is 0 Å². The molecule has 1 unspecified atom stereocenters. The molecule has 0 spiro atoms. The third kappa shape index (κ3) is 4.65. The quantitative estimate of drug-likeness (QED) is 0.782. The van der Waals surface area contributed by atoms with Crippen molar-refractivity contribution in [2.45, 2.75) is 46.5 Å². The van der Waals surface area contributed by atoms with Gasteiger partial charge in [-0.15, -0.1) is 0 Å². The maximum absolute atomic E-state index is 11.4. The summed E-state index contributed by atoms with van der Waals surface area (Å²) < 4.78 is 0. The topological polar surface area (TPSA) is 59.1 Å². The summed E-state index contributed by atoms with van der Waals surface area (Å²) in [4.78, 5) is 26.3. The zero-order chi connectivity index (χ0) is 14.0. The Labute approximate surface area is 110 Å². The van der Waals surface area contributed by atoms with E-state index in [-0.39, 0.29) is 19.2 Å². The summed E-state index contributed by atoms with van der Waals surface area (Å²) >= 11 is 0. The highest BCUT2D eigenvalue weighted by Crippen LogP contribution is 2.23. The number of pyridine rings is 1. The van der Waals surface area contributed by atoms with Crippen LogP contribution in [0, 0.1) is 0 Å². The fourth-order valence-corrected chi connectivity index (χ4v) is 1.59. The summed E-state index contributed by atoms with van der Waals surface area (Å²) in [7, 11) is 0. The molecule has 2 amide bonds. The van der Waals surface area contributed by atoms with Crippen LogP contribution in [0.25, 0.3) is 0 Å². The molecule has 4 heteroatoms. The number of imide groups is 1. The van der Waals surface area contributed by atoms with E-state index in [0.717, 1.165) is 5.56 Å². The molecule has 1 N–H and O–H groups in total. The lowest BCUT2D eigenvalue weighted by atomic mass is 9.92. The Morgan fingerprint density at radius 1 is 1.28 bits per heavy atom. The highest BCUT2D eigenvalue weighted by atomic mass is 16.2. The van der Waals surface area contributed by atoms with E-state index in [4.69, 9.17) is 0 Å². The van der Waals surface area contributed by atoms with Crippen LogP contribution in [0.2, 0.25) is 0 Å². The number of amides is 2. The maximum Gasteiger partial charge on any atom is 0.234 e. The first-order valence-corrected chi connectivity index (χ1v) is 6.51. The second kappa shape index (κ2) is 9.33. The van der Waals surface area contributed by atoms with Crippen molar-refractivity contribution in [3.8, 4) is 0 Å². The molecule has 0 bridgehead atoms. The number of aromatic nitrogens is 1. The first kappa shape index (κ1) is 16.3. The Morgan fingerprint density at radius 3 is 2.44 bits per heavy atom. The Balaban J connectivity index is 0. The van der Waals surface area contributed by atoms with E-state index in [1.54, 1.807) is 18.5 Å². The lowest BCUT2D eigenvalue weighted by molar-refractivity contribution is -0.134. The summed E-state index contributed by atoms with van der Waals surface area (Å²) in [5.41, 5.74) is 0.873. The molecule has 4 nitrogen and oxygen atoms in total. The van der Waals surface area contributed by atoms with Gasteiger partial charge in [-0.2, -0.15) is 0 Å². The molecular formula is C14H24N2O2. The minimum absolute atomic E-state index is 0. The first-order valence-electron chi connectivity index (χ1n) is 6.51. The van der Waals surface area contributed by atoms with Gasteiger partial charge in [-0.25, -0.2) is 0 Å². The molecule has 102 valence electrons. The van der Waals surface area contributed by atoms with Crippen molar-refractivity contribution in [1.82, 2.24) is 10.3 Å². The number of hydrogen-bond donors (Lipinski definition) is 1. The fraction of sp³-hybridized carbons (Fsp3) is 0.500. The van der Waals surface area contributed by atoms with Crippen LogP contribution in [-0.2, 0) is 9.59 Å². The highest BCUT2D eigenvalue weighted by Gasteiger charge is 2.27. The van der Waals surface area contributed by atoms with Crippen LogP contribution in [0.1, 0.15) is 53.4 Å². The molecule has 1 atom stereocenters. The van der Waals surface area contributed by atoms with Crippen LogP contribution in [0.3, 0.4) is 0 Å². The largest absolute Gasteiger partial charge is 0.296 e. The van der Waals surface area contributed by atoms with E-state index in [0.29, 0.717) is 12.8 Å². The van der Waals surface area contributed by atoms with Gasteiger partial charge in [0, 0.05) is 20.2 Å². The zero-order valence-electron chi connectivity index (χ0n) is 11.6. The molecule has 0 aromatic carbocycles. The lowest BCUT2D eigenvalue weighted by Crippen LogP contribution is -2.39. The number of rotatable bonds is 1. The SMILES string of the molecule is CC.CC.O=C1CCC(c2cccnc2)C(=O)N1.[HH]. The fourth-order valence-electron chi connectivity index (χ4n) is 1.59. The van der Waals surface area contributed by atoms with Crippen LogP contribution < -0.4 is 5.32 Å². The summed E-state index contributed by atoms with van der Waals surface area (Å²) in [6, 6.07) is 3.64. The van der Waals surface area contributed by atoms with E-state index >= 15 is 0 Å². The van der Waals surface area contributed by atoms with Crippen molar-refractivity contribution in [3.05, 3.63) is 30.1 Å². The predicted octanol–water partition coefficient (Wildman–Crippen LogP) is 2.90. The minimum Gasteiger partial charge on any atom is -0.296 e. The van der Waals surface area contributed by atoms with Crippen LogP contribution in [0.5, 0.6) is 0 Å². The standard InChI is InChI=1S/C10H10N2O2.2C2H6.H2/c13-9-4-3-8(10(14)12-9)7-2-1-5-11-6-7;2*1-2;/h1-2,5-6,8H,3-4H2,(H,12,13,14);2*1-2H3;1H. The third-order valence-electron chi connectivity index (χ3n) is 2.33. The summed E-state index contributed by atoms with van der Waals surface area (Å²) in [6.07, 6.45) is 4.32. The van der Waals surface area contributed by atoms with Gasteiger partial charge in [0.15, 0.2) is 0 Å². The monoisotopic (exact) mass is 252 g/mol. The molecule has 0 saturated carbocycles. The second-order valence-electron chi connectivity index (χ2n) is 3.29. The molecule has 1 saturated heterocycles. The van der Waals surface area contributed by atoms with Crippen molar-refractivity contribution in [3.63, 3.8) is 0 Å². The van der Waals surface area contributed by atoms with Crippen molar-refractivity contribution in [2.24, 2.45) is 0 Å². The van der Waals surface area contributed by atoms with Gasteiger partial charge >= 0.3 is 0 Å². The molecule has 1 fully saturated rings. The van der Waals surface area contributed by atoms with Crippen LogP contribution >= 0.6 is 0 Å². The molecule has 1 aliphatic rings. The first-order chi connectivity index (χ1) is 8.77. The van der Waals surface area contributed by atoms with Crippen LogP contribution in [0.15, 0.2) is 24.5 Å². The van der Waals surface area contributed by atoms with E-state index < -0.39 is 0 Å². The third-order valence-corrected chi connectivity index (χ3v) is 2.33. The highest BCUT2D eigenvalue weighted by molar-refractivity contribution is 6.00. The summed E-state index contributed by atoms with van der Waals surface area (Å²) in [5, 5.41) is 2.32. The van der Waals surface area contributed by atoms with E-state index in [1.807, 2.05) is 33.8 Å². The van der Waals surface area contributed by atoms with Gasteiger partial charge in [0.2, 0.25) is 11.8 Å². The number of nitrogens with one attached hydrogen (secondary N) is 1. The number of piperidine rings is 1.